The molecule has 0 atom stereocenters. The van der Waals surface area contributed by atoms with Crippen molar-refractivity contribution in [1.82, 2.24) is 0 Å². The van der Waals surface area contributed by atoms with Crippen LogP contribution in [-0.2, 0) is 25.6 Å². The average Bonchev–Trinajstić information content (AvgIpc) is 2.77. The molecule has 0 saturated carbocycles. The van der Waals surface area contributed by atoms with E-state index in [9.17, 15) is 40.7 Å². The van der Waals surface area contributed by atoms with Crippen LogP contribution in [0.2, 0.25) is 0 Å². The van der Waals surface area contributed by atoms with E-state index in [-0.39, 0.29) is 13.2 Å². The maximum absolute atomic E-state index is 13.8. The van der Waals surface area contributed by atoms with Gasteiger partial charge in [-0.2, -0.15) is 0 Å². The number of halogens is 6. The van der Waals surface area contributed by atoms with Gasteiger partial charge in [0.15, 0.2) is 23.3 Å². The van der Waals surface area contributed by atoms with Crippen LogP contribution in [0, 0.1) is 41.8 Å². The van der Waals surface area contributed by atoms with E-state index in [0.717, 1.165) is 13.8 Å². The quantitative estimate of drug-likeness (QED) is 0.245. The second kappa shape index (κ2) is 12.6. The van der Waals surface area contributed by atoms with Gasteiger partial charge in [0.2, 0.25) is 0 Å². The van der Waals surface area contributed by atoms with Gasteiger partial charge in [-0.25, -0.2) is 35.9 Å². The maximum Gasteiger partial charge on any atom is 0.341 e. The van der Waals surface area contributed by atoms with Gasteiger partial charge in [0, 0.05) is 12.5 Å². The summed E-state index contributed by atoms with van der Waals surface area (Å²) in [6, 6.07) is 0.898. The number of hydrogen-bond donors (Lipinski definition) is 0. The van der Waals surface area contributed by atoms with Gasteiger partial charge in [-0.15, -0.1) is 0 Å². The Balaban J connectivity index is 0.000000350. The fraction of sp³-hybridized carbons (Fsp3) is 0.318. The first-order valence-corrected chi connectivity index (χ1v) is 9.65. The highest BCUT2D eigenvalue weighted by molar-refractivity contribution is 5.90. The second-order valence-electron chi connectivity index (χ2n) is 6.39. The van der Waals surface area contributed by atoms with Crippen molar-refractivity contribution in [3.05, 3.63) is 69.3 Å². The molecule has 0 bridgehead atoms. The number of benzene rings is 2. The number of esters is 3. The van der Waals surface area contributed by atoms with Crippen molar-refractivity contribution in [1.29, 1.82) is 0 Å². The summed E-state index contributed by atoms with van der Waals surface area (Å²) in [5.41, 5.74) is -2.70. The van der Waals surface area contributed by atoms with E-state index in [0.29, 0.717) is 12.1 Å². The third kappa shape index (κ3) is 6.96. The van der Waals surface area contributed by atoms with Crippen molar-refractivity contribution < 1.29 is 54.9 Å². The molecule has 2 aromatic rings. The molecule has 186 valence electrons. The molecule has 12 heteroatoms. The second-order valence-corrected chi connectivity index (χ2v) is 6.39. The first-order chi connectivity index (χ1) is 15.9. The minimum absolute atomic E-state index is 0.0380. The van der Waals surface area contributed by atoms with Gasteiger partial charge in [-0.3, -0.25) is 4.79 Å². The summed E-state index contributed by atoms with van der Waals surface area (Å²) in [7, 11) is 0. The Kier molecular flexibility index (Phi) is 10.6. The molecule has 0 aromatic heterocycles. The van der Waals surface area contributed by atoms with Crippen LogP contribution in [0.4, 0.5) is 26.3 Å². The first-order valence-electron chi connectivity index (χ1n) is 9.65. The number of carbonyl (C=O) groups excluding carboxylic acids is 3. The highest BCUT2D eigenvalue weighted by atomic mass is 19.2. The van der Waals surface area contributed by atoms with Gasteiger partial charge in [-0.1, -0.05) is 0 Å². The summed E-state index contributed by atoms with van der Waals surface area (Å²) in [6.45, 7) is 4.28. The molecule has 0 aliphatic carbocycles. The summed E-state index contributed by atoms with van der Waals surface area (Å²) in [5.74, 6) is -10.8. The molecule has 0 heterocycles. The van der Waals surface area contributed by atoms with Crippen LogP contribution in [0.1, 0.15) is 52.6 Å². The van der Waals surface area contributed by atoms with Crippen LogP contribution in [0.15, 0.2) is 12.1 Å². The van der Waals surface area contributed by atoms with Crippen LogP contribution in [0.25, 0.3) is 0 Å². The van der Waals surface area contributed by atoms with Crippen molar-refractivity contribution in [3.63, 3.8) is 0 Å². The molecule has 0 fully saturated rings. The van der Waals surface area contributed by atoms with E-state index in [2.05, 4.69) is 14.2 Å². The molecule has 0 saturated heterocycles. The monoisotopic (exact) mass is 494 g/mol. The number of hydrogen-bond acceptors (Lipinski definition) is 6. The summed E-state index contributed by atoms with van der Waals surface area (Å²) in [5, 5.41) is 0. The minimum atomic E-state index is -1.51. The van der Waals surface area contributed by atoms with E-state index in [1.807, 2.05) is 0 Å². The predicted octanol–water partition coefficient (Wildman–Crippen LogP) is 4.93. The van der Waals surface area contributed by atoms with Crippen LogP contribution in [-0.4, -0.2) is 31.1 Å². The van der Waals surface area contributed by atoms with Gasteiger partial charge in [0.05, 0.1) is 29.9 Å². The van der Waals surface area contributed by atoms with Crippen molar-refractivity contribution in [3.8, 4) is 0 Å². The molecule has 34 heavy (non-hydrogen) atoms. The zero-order valence-electron chi connectivity index (χ0n) is 18.5. The van der Waals surface area contributed by atoms with Crippen LogP contribution in [0.3, 0.4) is 0 Å². The van der Waals surface area contributed by atoms with Crippen molar-refractivity contribution in [2.24, 2.45) is 0 Å². The third-order valence-corrected chi connectivity index (χ3v) is 4.03. The Hall–Kier alpha value is -3.57. The lowest BCUT2D eigenvalue weighted by atomic mass is 10.1. The Morgan fingerprint density at radius 2 is 1.15 bits per heavy atom. The minimum Gasteiger partial charge on any atom is -0.462 e. The van der Waals surface area contributed by atoms with E-state index < -0.39 is 81.7 Å². The Morgan fingerprint density at radius 1 is 0.706 bits per heavy atom. The lowest BCUT2D eigenvalue weighted by Crippen LogP contribution is -2.13. The molecule has 0 aliphatic rings. The highest BCUT2D eigenvalue weighted by Gasteiger charge is 2.24. The van der Waals surface area contributed by atoms with Crippen molar-refractivity contribution in [2.45, 2.75) is 34.3 Å². The molecule has 0 N–H and O–H groups in total. The fourth-order valence-electron chi connectivity index (χ4n) is 2.40. The van der Waals surface area contributed by atoms with E-state index in [1.54, 1.807) is 0 Å². The molecule has 2 aromatic carbocycles. The van der Waals surface area contributed by atoms with Crippen LogP contribution < -0.4 is 0 Å². The van der Waals surface area contributed by atoms with Gasteiger partial charge in [0.1, 0.15) is 18.2 Å². The Bertz CT molecular complexity index is 1090. The average molecular weight is 494 g/mol. The zero-order chi connectivity index (χ0) is 26.2. The van der Waals surface area contributed by atoms with Gasteiger partial charge in [0.25, 0.3) is 0 Å². The summed E-state index contributed by atoms with van der Waals surface area (Å²) in [6.07, 6.45) is 0. The largest absolute Gasteiger partial charge is 0.462 e. The topological polar surface area (TPSA) is 78.9 Å². The normalized spacial score (nSPS) is 10.2. The SMILES string of the molecule is CCOC(=O)c1cc(F)c(F)c(C)c1F.CCOC(=O)c1cc(F)c(F)c(COC(C)=O)c1F. The molecule has 0 amide bonds. The first kappa shape index (κ1) is 28.5. The lowest BCUT2D eigenvalue weighted by Gasteiger charge is -2.10. The van der Waals surface area contributed by atoms with E-state index in [1.165, 1.54) is 13.8 Å². The van der Waals surface area contributed by atoms with E-state index >= 15 is 0 Å². The number of rotatable bonds is 6. The Labute approximate surface area is 190 Å². The third-order valence-electron chi connectivity index (χ3n) is 4.03. The van der Waals surface area contributed by atoms with Crippen LogP contribution >= 0.6 is 0 Å². The summed E-state index contributed by atoms with van der Waals surface area (Å²) >= 11 is 0. The molecule has 0 unspecified atom stereocenters. The lowest BCUT2D eigenvalue weighted by molar-refractivity contribution is -0.142. The molecular formula is C22H20F6O6. The van der Waals surface area contributed by atoms with Gasteiger partial charge >= 0.3 is 17.9 Å². The Morgan fingerprint density at radius 3 is 1.59 bits per heavy atom. The molecule has 6 nitrogen and oxygen atoms in total. The highest BCUT2D eigenvalue weighted by Crippen LogP contribution is 2.22. The molecule has 0 spiro atoms. The molecule has 2 rings (SSSR count). The van der Waals surface area contributed by atoms with Gasteiger partial charge in [-0.05, 0) is 32.9 Å². The molecular weight excluding hydrogens is 474 g/mol. The molecule has 0 aliphatic heterocycles. The van der Waals surface area contributed by atoms with Crippen LogP contribution in [0.5, 0.6) is 0 Å². The summed E-state index contributed by atoms with van der Waals surface area (Å²) < 4.78 is 92.9. The molecule has 0 radical (unpaired) electrons. The summed E-state index contributed by atoms with van der Waals surface area (Å²) in [4.78, 5) is 33.1. The smallest absolute Gasteiger partial charge is 0.341 e. The number of ether oxygens (including phenoxy) is 3. The van der Waals surface area contributed by atoms with Gasteiger partial charge < -0.3 is 14.2 Å². The fourth-order valence-corrected chi connectivity index (χ4v) is 2.40. The van der Waals surface area contributed by atoms with E-state index in [4.69, 9.17) is 0 Å². The van der Waals surface area contributed by atoms with Crippen molar-refractivity contribution in [2.75, 3.05) is 13.2 Å². The number of carbonyl (C=O) groups is 3. The van der Waals surface area contributed by atoms with Crippen molar-refractivity contribution >= 4 is 17.9 Å². The maximum atomic E-state index is 13.8. The standard InChI is InChI=1S/C12H11F3O4.C10H9F3O2/c1-3-18-12(17)7-4-9(13)11(15)8(10(7)14)5-19-6(2)16;1-3-15-10(14)6-4-7(11)9(13)5(2)8(6)12/h4H,3,5H2,1-2H3;4H,3H2,1-2H3. The zero-order valence-corrected chi connectivity index (χ0v) is 18.5. The predicted molar refractivity (Wildman–Crippen MR) is 105 cm³/mol.